The van der Waals surface area contributed by atoms with Crippen LogP contribution in [0.1, 0.15) is 13.8 Å². The van der Waals surface area contributed by atoms with Crippen molar-refractivity contribution in [1.82, 2.24) is 0 Å². The molecule has 34 heavy (non-hydrogen) atoms. The second-order valence-corrected chi connectivity index (χ2v) is 8.77. The summed E-state index contributed by atoms with van der Waals surface area (Å²) < 4.78 is 38.6. The molecule has 3 aromatic rings. The monoisotopic (exact) mass is 485 g/mol. The maximum atomic E-state index is 12.6. The zero-order valence-corrected chi connectivity index (χ0v) is 19.2. The Morgan fingerprint density at radius 3 is 2.06 bits per heavy atom. The first-order chi connectivity index (χ1) is 16.2. The smallest absolute Gasteiger partial charge is 0.269 e. The number of ether oxygens (including phenoxy) is 2. The molecule has 0 aliphatic carbocycles. The highest BCUT2D eigenvalue weighted by Gasteiger charge is 2.18. The summed E-state index contributed by atoms with van der Waals surface area (Å²) in [4.78, 5) is 22.6. The Morgan fingerprint density at radius 1 is 0.941 bits per heavy atom. The Hall–Kier alpha value is -4.12. The van der Waals surface area contributed by atoms with Gasteiger partial charge in [0.1, 0.15) is 11.5 Å². The van der Waals surface area contributed by atoms with Gasteiger partial charge in [-0.25, -0.2) is 8.42 Å². The van der Waals surface area contributed by atoms with Gasteiger partial charge < -0.3 is 14.8 Å². The van der Waals surface area contributed by atoms with Gasteiger partial charge in [0, 0.05) is 23.5 Å². The molecule has 1 atom stereocenters. The predicted octanol–water partition coefficient (Wildman–Crippen LogP) is 4.20. The van der Waals surface area contributed by atoms with Crippen molar-refractivity contribution in [2.45, 2.75) is 24.8 Å². The van der Waals surface area contributed by atoms with Crippen molar-refractivity contribution < 1.29 is 27.6 Å². The van der Waals surface area contributed by atoms with E-state index in [1.54, 1.807) is 24.3 Å². The van der Waals surface area contributed by atoms with Crippen LogP contribution < -0.4 is 19.5 Å². The number of nitro benzene ring substituents is 1. The zero-order valence-electron chi connectivity index (χ0n) is 18.4. The number of nitrogens with zero attached hydrogens (tertiary/aromatic N) is 1. The van der Waals surface area contributed by atoms with Crippen LogP contribution in [0.5, 0.6) is 11.5 Å². The average molecular weight is 486 g/mol. The number of hydrogen-bond donors (Lipinski definition) is 2. The van der Waals surface area contributed by atoms with Crippen molar-refractivity contribution in [2.24, 2.45) is 0 Å². The molecule has 2 N–H and O–H groups in total. The van der Waals surface area contributed by atoms with Gasteiger partial charge >= 0.3 is 0 Å². The van der Waals surface area contributed by atoms with Crippen molar-refractivity contribution in [2.75, 3.05) is 16.6 Å². The molecule has 1 amide bonds. The SMILES string of the molecule is CCOc1ccc(NS(=O)(=O)c2ccc(NC(=O)C(C)Oc3ccc([N+](=O)[O-])cc3)cc2)cc1. The number of nitrogens with one attached hydrogen (secondary N) is 2. The summed E-state index contributed by atoms with van der Waals surface area (Å²) in [6.45, 7) is 3.89. The van der Waals surface area contributed by atoms with Gasteiger partial charge in [-0.15, -0.1) is 0 Å². The first-order valence-electron chi connectivity index (χ1n) is 10.3. The highest BCUT2D eigenvalue weighted by Crippen LogP contribution is 2.22. The van der Waals surface area contributed by atoms with E-state index in [2.05, 4.69) is 10.0 Å². The van der Waals surface area contributed by atoms with Crippen molar-refractivity contribution in [3.8, 4) is 11.5 Å². The molecule has 1 unspecified atom stereocenters. The van der Waals surface area contributed by atoms with Gasteiger partial charge in [0.05, 0.1) is 16.4 Å². The van der Waals surface area contributed by atoms with Crippen LogP contribution in [0, 0.1) is 10.1 Å². The Morgan fingerprint density at radius 2 is 1.50 bits per heavy atom. The van der Waals surface area contributed by atoms with Crippen molar-refractivity contribution >= 4 is 33.0 Å². The molecular formula is C23H23N3O7S. The molecule has 0 fully saturated rings. The summed E-state index contributed by atoms with van der Waals surface area (Å²) in [7, 11) is -3.83. The van der Waals surface area contributed by atoms with Gasteiger partial charge in [-0.1, -0.05) is 0 Å². The summed E-state index contributed by atoms with van der Waals surface area (Å²) in [5, 5.41) is 13.3. The van der Waals surface area contributed by atoms with Gasteiger partial charge in [0.15, 0.2) is 6.10 Å². The Labute approximate surface area is 196 Å². The second kappa shape index (κ2) is 10.7. The lowest BCUT2D eigenvalue weighted by Gasteiger charge is -2.15. The number of carbonyl (C=O) groups excluding carboxylic acids is 1. The minimum absolute atomic E-state index is 0.0227. The number of rotatable bonds is 10. The molecule has 11 heteroatoms. The fraction of sp³-hybridized carbons (Fsp3) is 0.174. The molecule has 0 spiro atoms. The van der Waals surface area contributed by atoms with Crippen LogP contribution in [-0.2, 0) is 14.8 Å². The minimum atomic E-state index is -3.83. The Balaban J connectivity index is 1.59. The molecule has 0 saturated heterocycles. The van der Waals surface area contributed by atoms with E-state index in [9.17, 15) is 23.3 Å². The molecule has 0 saturated carbocycles. The first kappa shape index (κ1) is 24.5. The Kier molecular flexibility index (Phi) is 7.69. The van der Waals surface area contributed by atoms with Crippen LogP contribution in [0.3, 0.4) is 0 Å². The van der Waals surface area contributed by atoms with Crippen molar-refractivity contribution in [1.29, 1.82) is 0 Å². The van der Waals surface area contributed by atoms with E-state index in [4.69, 9.17) is 9.47 Å². The maximum absolute atomic E-state index is 12.6. The number of carbonyl (C=O) groups is 1. The number of anilines is 2. The number of amides is 1. The summed E-state index contributed by atoms with van der Waals surface area (Å²) in [6.07, 6.45) is -0.897. The lowest BCUT2D eigenvalue weighted by molar-refractivity contribution is -0.384. The molecule has 0 heterocycles. The highest BCUT2D eigenvalue weighted by molar-refractivity contribution is 7.92. The molecule has 3 rings (SSSR count). The van der Waals surface area contributed by atoms with E-state index in [1.807, 2.05) is 6.92 Å². The van der Waals surface area contributed by atoms with Crippen LogP contribution in [0.2, 0.25) is 0 Å². The summed E-state index contributed by atoms with van der Waals surface area (Å²) in [5.74, 6) is 0.467. The molecule has 10 nitrogen and oxygen atoms in total. The van der Waals surface area contributed by atoms with E-state index >= 15 is 0 Å². The lowest BCUT2D eigenvalue weighted by Crippen LogP contribution is -2.30. The predicted molar refractivity (Wildman–Crippen MR) is 127 cm³/mol. The fourth-order valence-corrected chi connectivity index (χ4v) is 3.92. The van der Waals surface area contributed by atoms with Gasteiger partial charge in [-0.3, -0.25) is 19.6 Å². The number of hydrogen-bond acceptors (Lipinski definition) is 7. The largest absolute Gasteiger partial charge is 0.494 e. The summed E-state index contributed by atoms with van der Waals surface area (Å²) >= 11 is 0. The zero-order chi connectivity index (χ0) is 24.7. The van der Waals surface area contributed by atoms with Crippen LogP contribution in [0.25, 0.3) is 0 Å². The normalized spacial score (nSPS) is 11.8. The van der Waals surface area contributed by atoms with E-state index < -0.39 is 27.0 Å². The second-order valence-electron chi connectivity index (χ2n) is 7.09. The quantitative estimate of drug-likeness (QED) is 0.324. The Bertz CT molecular complexity index is 1240. The number of sulfonamides is 1. The molecule has 178 valence electrons. The van der Waals surface area contributed by atoms with Crippen LogP contribution >= 0.6 is 0 Å². The lowest BCUT2D eigenvalue weighted by atomic mass is 10.3. The average Bonchev–Trinajstić information content (AvgIpc) is 2.81. The van der Waals surface area contributed by atoms with E-state index in [-0.39, 0.29) is 10.6 Å². The fourth-order valence-electron chi connectivity index (χ4n) is 2.87. The molecule has 0 aromatic heterocycles. The number of nitro groups is 1. The number of non-ortho nitro benzene ring substituents is 1. The number of benzene rings is 3. The first-order valence-corrected chi connectivity index (χ1v) is 11.7. The molecule has 0 aliphatic rings. The molecule has 0 radical (unpaired) electrons. The minimum Gasteiger partial charge on any atom is -0.494 e. The van der Waals surface area contributed by atoms with E-state index in [0.717, 1.165) is 0 Å². The van der Waals surface area contributed by atoms with Crippen LogP contribution in [0.4, 0.5) is 17.1 Å². The summed E-state index contributed by atoms with van der Waals surface area (Å²) in [5.41, 5.74) is 0.679. The highest BCUT2D eigenvalue weighted by atomic mass is 32.2. The van der Waals surface area contributed by atoms with E-state index in [0.29, 0.717) is 29.5 Å². The maximum Gasteiger partial charge on any atom is 0.269 e. The summed E-state index contributed by atoms with van der Waals surface area (Å²) in [6, 6.07) is 17.6. The third kappa shape index (κ3) is 6.45. The van der Waals surface area contributed by atoms with Gasteiger partial charge in [-0.05, 0) is 74.5 Å². The third-order valence-electron chi connectivity index (χ3n) is 4.58. The van der Waals surface area contributed by atoms with E-state index in [1.165, 1.54) is 55.5 Å². The van der Waals surface area contributed by atoms with Crippen molar-refractivity contribution in [3.05, 3.63) is 82.9 Å². The third-order valence-corrected chi connectivity index (χ3v) is 5.98. The topological polar surface area (TPSA) is 137 Å². The molecule has 0 aliphatic heterocycles. The molecular weight excluding hydrogens is 462 g/mol. The van der Waals surface area contributed by atoms with Crippen LogP contribution in [-0.4, -0.2) is 32.0 Å². The standard InChI is InChI=1S/C23H23N3O7S/c1-3-32-20-10-4-18(5-11-20)25-34(30,31)22-14-6-17(7-15-22)24-23(27)16(2)33-21-12-8-19(9-13-21)26(28)29/h4-16,25H,3H2,1-2H3,(H,24,27). The van der Waals surface area contributed by atoms with Crippen LogP contribution in [0.15, 0.2) is 77.7 Å². The van der Waals surface area contributed by atoms with Crippen molar-refractivity contribution in [3.63, 3.8) is 0 Å². The molecule has 3 aromatic carbocycles. The van der Waals surface area contributed by atoms with Gasteiger partial charge in [-0.2, -0.15) is 0 Å². The van der Waals surface area contributed by atoms with Gasteiger partial charge in [0.2, 0.25) is 0 Å². The molecule has 0 bridgehead atoms. The van der Waals surface area contributed by atoms with Gasteiger partial charge in [0.25, 0.3) is 21.6 Å².